The average molecular weight is 604 g/mol. The third kappa shape index (κ3) is 13.1. The minimum atomic E-state index is -0.391. The molecule has 5 nitrogen and oxygen atoms in total. The standard InChI is InChI=1S/C37H51NO4.C2H6/c1-6-11-31(17-14-28(2)37(3,4)5)35(26-29-15-20-33(21-16-29)41-25-10-24-39)36(40)38-32-18-22-34(23-19-32)42-27-30-12-8-7-9-13-30;1-2/h11,14-23,30,35,39H,2,6-10,12-13,24-27H2,1,3-5H3,(H,38,40);1-2H3/b17-14-,31-11+;. The normalized spacial score (nSPS) is 14.8. The minimum Gasteiger partial charge on any atom is -0.494 e. The molecular formula is C39H57NO4. The first kappa shape index (κ1) is 36.9. The maximum absolute atomic E-state index is 13.8. The van der Waals surface area contributed by atoms with E-state index in [0.717, 1.165) is 46.9 Å². The van der Waals surface area contributed by atoms with Crippen LogP contribution >= 0.6 is 0 Å². The highest BCUT2D eigenvalue weighted by molar-refractivity contribution is 5.95. The first-order chi connectivity index (χ1) is 21.2. The summed E-state index contributed by atoms with van der Waals surface area (Å²) < 4.78 is 11.8. The van der Waals surface area contributed by atoms with E-state index in [0.29, 0.717) is 25.4 Å². The van der Waals surface area contributed by atoms with E-state index in [2.05, 4.69) is 51.7 Å². The number of hydrogen-bond acceptors (Lipinski definition) is 4. The number of aliphatic hydroxyl groups excluding tert-OH is 1. The Labute approximate surface area is 267 Å². The number of amides is 1. The molecule has 5 heteroatoms. The molecule has 1 aliphatic carbocycles. The summed E-state index contributed by atoms with van der Waals surface area (Å²) in [6.07, 6.45) is 14.6. The Morgan fingerprint density at radius 3 is 2.18 bits per heavy atom. The molecule has 1 fully saturated rings. The molecule has 2 aromatic rings. The lowest BCUT2D eigenvalue weighted by molar-refractivity contribution is -0.118. The van der Waals surface area contributed by atoms with Crippen LogP contribution in [0.1, 0.15) is 92.1 Å². The molecule has 2 aromatic carbocycles. The fraction of sp³-hybridized carbons (Fsp3) is 0.513. The molecule has 44 heavy (non-hydrogen) atoms. The third-order valence-electron chi connectivity index (χ3n) is 7.87. The molecule has 0 aliphatic heterocycles. The van der Waals surface area contributed by atoms with Crippen LogP contribution in [0.5, 0.6) is 11.5 Å². The van der Waals surface area contributed by atoms with Crippen LogP contribution in [0.15, 0.2) is 84.5 Å². The van der Waals surface area contributed by atoms with Crippen molar-refractivity contribution in [3.8, 4) is 11.5 Å². The Morgan fingerprint density at radius 2 is 1.59 bits per heavy atom. The van der Waals surface area contributed by atoms with Gasteiger partial charge in [-0.2, -0.15) is 0 Å². The van der Waals surface area contributed by atoms with Gasteiger partial charge in [0.25, 0.3) is 0 Å². The zero-order valence-electron chi connectivity index (χ0n) is 28.2. The van der Waals surface area contributed by atoms with Crippen LogP contribution in [0.25, 0.3) is 0 Å². The topological polar surface area (TPSA) is 67.8 Å². The monoisotopic (exact) mass is 603 g/mol. The Bertz CT molecular complexity index is 1170. The van der Waals surface area contributed by atoms with E-state index in [9.17, 15) is 4.79 Å². The molecule has 0 bridgehead atoms. The lowest BCUT2D eigenvalue weighted by atomic mass is 9.85. The number of aliphatic hydroxyl groups is 1. The van der Waals surface area contributed by atoms with Crippen molar-refractivity contribution in [3.63, 3.8) is 0 Å². The molecule has 0 saturated heterocycles. The highest BCUT2D eigenvalue weighted by Crippen LogP contribution is 2.29. The Balaban J connectivity index is 0.00000330. The lowest BCUT2D eigenvalue weighted by Gasteiger charge is -2.22. The molecular weight excluding hydrogens is 546 g/mol. The van der Waals surface area contributed by atoms with Crippen LogP contribution in [0.3, 0.4) is 0 Å². The van der Waals surface area contributed by atoms with Crippen LogP contribution < -0.4 is 14.8 Å². The maximum Gasteiger partial charge on any atom is 0.232 e. The van der Waals surface area contributed by atoms with Gasteiger partial charge in [-0.15, -0.1) is 0 Å². The molecule has 2 N–H and O–H groups in total. The summed E-state index contributed by atoms with van der Waals surface area (Å²) in [4.78, 5) is 13.8. The summed E-state index contributed by atoms with van der Waals surface area (Å²) in [5.74, 6) is 1.79. The summed E-state index contributed by atoms with van der Waals surface area (Å²) in [5.41, 5.74) is 3.72. The molecule has 3 rings (SSSR count). The van der Waals surface area contributed by atoms with Crippen LogP contribution in [0.4, 0.5) is 5.69 Å². The van der Waals surface area contributed by atoms with Crippen molar-refractivity contribution >= 4 is 11.6 Å². The van der Waals surface area contributed by atoms with Crippen LogP contribution in [0.2, 0.25) is 0 Å². The fourth-order valence-corrected chi connectivity index (χ4v) is 5.01. The van der Waals surface area contributed by atoms with E-state index in [4.69, 9.17) is 14.6 Å². The van der Waals surface area contributed by atoms with Gasteiger partial charge in [-0.3, -0.25) is 4.79 Å². The molecule has 1 atom stereocenters. The van der Waals surface area contributed by atoms with Gasteiger partial charge < -0.3 is 19.9 Å². The Morgan fingerprint density at radius 1 is 0.977 bits per heavy atom. The summed E-state index contributed by atoms with van der Waals surface area (Å²) in [6, 6.07) is 15.6. The second-order valence-electron chi connectivity index (χ2n) is 12.4. The number of hydrogen-bond donors (Lipinski definition) is 2. The molecule has 0 spiro atoms. The molecule has 0 aromatic heterocycles. The van der Waals surface area contributed by atoms with E-state index in [1.165, 1.54) is 32.1 Å². The zero-order chi connectivity index (χ0) is 32.4. The number of rotatable bonds is 15. The minimum absolute atomic E-state index is 0.0557. The van der Waals surface area contributed by atoms with Gasteiger partial charge in [0.15, 0.2) is 0 Å². The summed E-state index contributed by atoms with van der Waals surface area (Å²) >= 11 is 0. The SMILES string of the molecule is C=C(/C=C\C(=C/CC)C(Cc1ccc(OCCCO)cc1)C(=O)Nc1ccc(OCC2CCCCC2)cc1)C(C)(C)C.CC. The van der Waals surface area contributed by atoms with Gasteiger partial charge in [-0.05, 0) is 90.1 Å². The second kappa shape index (κ2) is 19.9. The van der Waals surface area contributed by atoms with Crippen molar-refractivity contribution in [1.82, 2.24) is 0 Å². The van der Waals surface area contributed by atoms with Gasteiger partial charge in [0, 0.05) is 18.7 Å². The van der Waals surface area contributed by atoms with Crippen molar-refractivity contribution in [3.05, 3.63) is 90.0 Å². The first-order valence-corrected chi connectivity index (χ1v) is 16.6. The van der Waals surface area contributed by atoms with Crippen molar-refractivity contribution < 1.29 is 19.4 Å². The number of nitrogens with one attached hydrogen (secondary N) is 1. The third-order valence-corrected chi connectivity index (χ3v) is 7.87. The average Bonchev–Trinajstić information content (AvgIpc) is 3.03. The summed E-state index contributed by atoms with van der Waals surface area (Å²) in [5, 5.41) is 12.2. The molecule has 0 radical (unpaired) electrons. The maximum atomic E-state index is 13.8. The van der Waals surface area contributed by atoms with Gasteiger partial charge in [-0.25, -0.2) is 0 Å². The van der Waals surface area contributed by atoms with E-state index in [1.54, 1.807) is 0 Å². The highest BCUT2D eigenvalue weighted by Gasteiger charge is 2.23. The largest absolute Gasteiger partial charge is 0.494 e. The number of carbonyl (C=O) groups excluding carboxylic acids is 1. The second-order valence-corrected chi connectivity index (χ2v) is 12.4. The number of ether oxygens (including phenoxy) is 2. The van der Waals surface area contributed by atoms with Crippen LogP contribution in [-0.4, -0.2) is 30.8 Å². The predicted molar refractivity (Wildman–Crippen MR) is 185 cm³/mol. The summed E-state index contributed by atoms with van der Waals surface area (Å²) in [6.45, 7) is 18.1. The van der Waals surface area contributed by atoms with E-state index < -0.39 is 5.92 Å². The van der Waals surface area contributed by atoms with Crippen molar-refractivity contribution in [1.29, 1.82) is 0 Å². The van der Waals surface area contributed by atoms with Crippen LogP contribution in [-0.2, 0) is 11.2 Å². The zero-order valence-corrected chi connectivity index (χ0v) is 28.2. The quantitative estimate of drug-likeness (QED) is 0.157. The van der Waals surface area contributed by atoms with Crippen molar-refractivity contribution in [2.75, 3.05) is 25.1 Å². The lowest BCUT2D eigenvalue weighted by Crippen LogP contribution is -2.26. The van der Waals surface area contributed by atoms with Crippen molar-refractivity contribution in [2.24, 2.45) is 17.3 Å². The fourth-order valence-electron chi connectivity index (χ4n) is 5.01. The van der Waals surface area contributed by atoms with Gasteiger partial charge in [0.2, 0.25) is 5.91 Å². The molecule has 1 amide bonds. The van der Waals surface area contributed by atoms with Gasteiger partial charge in [0.05, 0.1) is 19.1 Å². The predicted octanol–water partition coefficient (Wildman–Crippen LogP) is 9.73. The number of carbonyl (C=O) groups is 1. The van der Waals surface area contributed by atoms with Gasteiger partial charge >= 0.3 is 0 Å². The number of benzene rings is 2. The molecule has 1 aliphatic rings. The van der Waals surface area contributed by atoms with E-state index in [1.807, 2.05) is 68.5 Å². The molecule has 1 unspecified atom stereocenters. The Kier molecular flexibility index (Phi) is 16.6. The molecule has 242 valence electrons. The van der Waals surface area contributed by atoms with E-state index >= 15 is 0 Å². The van der Waals surface area contributed by atoms with Gasteiger partial charge in [0.1, 0.15) is 11.5 Å². The number of anilines is 1. The van der Waals surface area contributed by atoms with Crippen LogP contribution in [0, 0.1) is 17.3 Å². The molecule has 0 heterocycles. The number of allylic oxidation sites excluding steroid dienone is 4. The van der Waals surface area contributed by atoms with Gasteiger partial charge in [-0.1, -0.05) is 97.7 Å². The first-order valence-electron chi connectivity index (χ1n) is 16.6. The highest BCUT2D eigenvalue weighted by atomic mass is 16.5. The van der Waals surface area contributed by atoms with Crippen molar-refractivity contribution in [2.45, 2.75) is 92.9 Å². The Hall–Kier alpha value is -3.31. The van der Waals surface area contributed by atoms with E-state index in [-0.39, 0.29) is 17.9 Å². The smallest absolute Gasteiger partial charge is 0.232 e. The summed E-state index contributed by atoms with van der Waals surface area (Å²) in [7, 11) is 0. The molecule has 1 saturated carbocycles.